The Morgan fingerprint density at radius 2 is 2.00 bits per heavy atom. The number of aromatic nitrogens is 2. The minimum absolute atomic E-state index is 0.00263. The number of para-hydroxylation sites is 1. The predicted molar refractivity (Wildman–Crippen MR) is 102 cm³/mol. The molecular weight excluding hydrogens is 362 g/mol. The standard InChI is InChI=1S/C20H15N3O5/c24-19-15-6-3-5-13(10-12-4-1-2-7-16(12)23(27)28)18(15)21-17-9-8-14(20(25)26)11-22(17)19/h1-2,4,7-11H,3,5-6H2,(H,25,26)/b13-10+. The zero-order valence-corrected chi connectivity index (χ0v) is 14.7. The molecule has 1 aromatic carbocycles. The van der Waals surface area contributed by atoms with Gasteiger partial charge in [0.2, 0.25) is 0 Å². The largest absolute Gasteiger partial charge is 0.478 e. The Balaban J connectivity index is 1.92. The van der Waals surface area contributed by atoms with E-state index < -0.39 is 10.9 Å². The average Bonchev–Trinajstić information content (AvgIpc) is 2.69. The first-order valence-corrected chi connectivity index (χ1v) is 8.68. The topological polar surface area (TPSA) is 115 Å². The summed E-state index contributed by atoms with van der Waals surface area (Å²) in [5.74, 6) is -1.12. The molecule has 0 radical (unpaired) electrons. The lowest BCUT2D eigenvalue weighted by molar-refractivity contribution is -0.385. The molecule has 4 rings (SSSR count). The second-order valence-electron chi connectivity index (χ2n) is 6.53. The van der Waals surface area contributed by atoms with Crippen molar-refractivity contribution in [3.8, 4) is 0 Å². The molecule has 1 N–H and O–H groups in total. The number of rotatable bonds is 3. The van der Waals surface area contributed by atoms with Gasteiger partial charge in [0.05, 0.1) is 21.7 Å². The van der Waals surface area contributed by atoms with Crippen LogP contribution < -0.4 is 5.56 Å². The number of nitro groups is 1. The van der Waals surface area contributed by atoms with Crippen molar-refractivity contribution in [2.24, 2.45) is 0 Å². The normalized spacial score (nSPS) is 14.8. The van der Waals surface area contributed by atoms with E-state index in [9.17, 15) is 19.7 Å². The van der Waals surface area contributed by atoms with E-state index in [1.165, 1.54) is 28.8 Å². The Bertz CT molecular complexity index is 1230. The van der Waals surface area contributed by atoms with Crippen molar-refractivity contribution in [3.05, 3.63) is 85.4 Å². The highest BCUT2D eigenvalue weighted by Gasteiger charge is 2.22. The lowest BCUT2D eigenvalue weighted by Crippen LogP contribution is -2.25. The van der Waals surface area contributed by atoms with Crippen molar-refractivity contribution in [2.75, 3.05) is 0 Å². The van der Waals surface area contributed by atoms with Crippen LogP contribution in [0.2, 0.25) is 0 Å². The number of carbonyl (C=O) groups is 1. The van der Waals surface area contributed by atoms with Crippen molar-refractivity contribution >= 4 is 29.0 Å². The molecule has 2 aromatic heterocycles. The Hall–Kier alpha value is -3.81. The number of carboxylic acid groups (broad SMARTS) is 1. The Morgan fingerprint density at radius 1 is 1.21 bits per heavy atom. The smallest absolute Gasteiger partial charge is 0.337 e. The summed E-state index contributed by atoms with van der Waals surface area (Å²) >= 11 is 0. The van der Waals surface area contributed by atoms with Crippen LogP contribution in [-0.2, 0) is 6.42 Å². The first-order chi connectivity index (χ1) is 13.5. The summed E-state index contributed by atoms with van der Waals surface area (Å²) in [4.78, 5) is 39.5. The number of carboxylic acids is 1. The third-order valence-corrected chi connectivity index (χ3v) is 4.80. The fourth-order valence-corrected chi connectivity index (χ4v) is 3.47. The number of nitro benzene ring substituents is 1. The fourth-order valence-electron chi connectivity index (χ4n) is 3.47. The van der Waals surface area contributed by atoms with Gasteiger partial charge in [-0.25, -0.2) is 9.78 Å². The van der Waals surface area contributed by atoms with Gasteiger partial charge in [-0.05, 0) is 49.1 Å². The molecule has 2 heterocycles. The van der Waals surface area contributed by atoms with Gasteiger partial charge in [0.15, 0.2) is 0 Å². The van der Waals surface area contributed by atoms with Crippen LogP contribution in [0.25, 0.3) is 17.3 Å². The van der Waals surface area contributed by atoms with E-state index in [1.54, 1.807) is 24.3 Å². The molecule has 28 heavy (non-hydrogen) atoms. The number of allylic oxidation sites excluding steroid dienone is 1. The maximum atomic E-state index is 12.9. The van der Waals surface area contributed by atoms with Crippen LogP contribution in [-0.4, -0.2) is 25.4 Å². The van der Waals surface area contributed by atoms with E-state index in [2.05, 4.69) is 4.98 Å². The van der Waals surface area contributed by atoms with Gasteiger partial charge in [-0.15, -0.1) is 0 Å². The highest BCUT2D eigenvalue weighted by Crippen LogP contribution is 2.31. The average molecular weight is 377 g/mol. The molecule has 0 amide bonds. The molecule has 0 saturated carbocycles. The summed E-state index contributed by atoms with van der Waals surface area (Å²) in [7, 11) is 0. The SMILES string of the molecule is O=C(O)c1ccc2nc3c(c(=O)n2c1)CCC/C3=C\c1ccccc1[N+](=O)[O-]. The molecule has 1 aliphatic carbocycles. The van der Waals surface area contributed by atoms with E-state index in [4.69, 9.17) is 5.11 Å². The molecule has 0 spiro atoms. The van der Waals surface area contributed by atoms with Gasteiger partial charge >= 0.3 is 5.97 Å². The molecule has 0 saturated heterocycles. The van der Waals surface area contributed by atoms with Gasteiger partial charge in [-0.1, -0.05) is 12.1 Å². The lowest BCUT2D eigenvalue weighted by atomic mass is 9.90. The number of aromatic carboxylic acids is 1. The van der Waals surface area contributed by atoms with Crippen molar-refractivity contribution < 1.29 is 14.8 Å². The molecule has 0 bridgehead atoms. The first kappa shape index (κ1) is 17.6. The molecule has 8 heteroatoms. The number of benzene rings is 1. The van der Waals surface area contributed by atoms with E-state index in [1.807, 2.05) is 0 Å². The predicted octanol–water partition coefficient (Wildman–Crippen LogP) is 3.18. The molecule has 0 fully saturated rings. The van der Waals surface area contributed by atoms with Gasteiger partial charge in [0.1, 0.15) is 5.65 Å². The van der Waals surface area contributed by atoms with Crippen molar-refractivity contribution in [3.63, 3.8) is 0 Å². The minimum Gasteiger partial charge on any atom is -0.478 e. The summed E-state index contributed by atoms with van der Waals surface area (Å²) in [6, 6.07) is 9.30. The number of pyridine rings is 1. The van der Waals surface area contributed by atoms with E-state index in [0.717, 1.165) is 5.57 Å². The molecule has 3 aromatic rings. The van der Waals surface area contributed by atoms with E-state index >= 15 is 0 Å². The molecule has 1 aliphatic rings. The number of hydrogen-bond acceptors (Lipinski definition) is 5. The summed E-state index contributed by atoms with van der Waals surface area (Å²) in [5, 5.41) is 20.4. The van der Waals surface area contributed by atoms with E-state index in [0.29, 0.717) is 41.7 Å². The fraction of sp³-hybridized carbons (Fsp3) is 0.150. The summed E-state index contributed by atoms with van der Waals surface area (Å²) < 4.78 is 1.25. The van der Waals surface area contributed by atoms with Crippen LogP contribution in [0.4, 0.5) is 5.69 Å². The third-order valence-electron chi connectivity index (χ3n) is 4.80. The van der Waals surface area contributed by atoms with Crippen LogP contribution in [0.3, 0.4) is 0 Å². The molecule has 0 aliphatic heterocycles. The van der Waals surface area contributed by atoms with Gasteiger partial charge in [0.25, 0.3) is 11.2 Å². The summed E-state index contributed by atoms with van der Waals surface area (Å²) in [5.41, 5.74) is 2.26. The van der Waals surface area contributed by atoms with Crippen molar-refractivity contribution in [1.82, 2.24) is 9.38 Å². The second kappa shape index (κ2) is 6.73. The Labute approximate surface area is 158 Å². The van der Waals surface area contributed by atoms with Crippen molar-refractivity contribution in [2.45, 2.75) is 19.3 Å². The monoisotopic (exact) mass is 377 g/mol. The first-order valence-electron chi connectivity index (χ1n) is 8.68. The van der Waals surface area contributed by atoms with E-state index in [-0.39, 0.29) is 16.8 Å². The number of hydrogen-bond donors (Lipinski definition) is 1. The quantitative estimate of drug-likeness (QED) is 0.554. The highest BCUT2D eigenvalue weighted by molar-refractivity contribution is 5.88. The molecule has 8 nitrogen and oxygen atoms in total. The number of fused-ring (bicyclic) bond motifs is 2. The Kier molecular flexibility index (Phi) is 4.23. The second-order valence-corrected chi connectivity index (χ2v) is 6.53. The zero-order valence-electron chi connectivity index (χ0n) is 14.7. The summed E-state index contributed by atoms with van der Waals surface area (Å²) in [6.45, 7) is 0. The van der Waals surface area contributed by atoms with Crippen molar-refractivity contribution in [1.29, 1.82) is 0 Å². The van der Waals surface area contributed by atoms with Crippen LogP contribution in [0.1, 0.15) is 40.0 Å². The maximum Gasteiger partial charge on any atom is 0.337 e. The van der Waals surface area contributed by atoms with Gasteiger partial charge < -0.3 is 5.11 Å². The van der Waals surface area contributed by atoms with Crippen LogP contribution >= 0.6 is 0 Å². The highest BCUT2D eigenvalue weighted by atomic mass is 16.6. The molecular formula is C20H15N3O5. The minimum atomic E-state index is -1.12. The van der Waals surface area contributed by atoms with Gasteiger partial charge in [-0.2, -0.15) is 0 Å². The molecule has 0 atom stereocenters. The van der Waals surface area contributed by atoms with Crippen LogP contribution in [0.5, 0.6) is 0 Å². The lowest BCUT2D eigenvalue weighted by Gasteiger charge is -2.18. The van der Waals surface area contributed by atoms with Crippen LogP contribution in [0, 0.1) is 10.1 Å². The Morgan fingerprint density at radius 3 is 2.75 bits per heavy atom. The van der Waals surface area contributed by atoms with Crippen LogP contribution in [0.15, 0.2) is 47.4 Å². The zero-order chi connectivity index (χ0) is 19.8. The number of nitrogens with zero attached hydrogens (tertiary/aromatic N) is 3. The molecule has 0 unspecified atom stereocenters. The molecule has 140 valence electrons. The summed E-state index contributed by atoms with van der Waals surface area (Å²) in [6.07, 6.45) is 4.86. The van der Waals surface area contributed by atoms with Gasteiger partial charge in [-0.3, -0.25) is 19.3 Å². The maximum absolute atomic E-state index is 12.9. The third kappa shape index (κ3) is 2.94. The van der Waals surface area contributed by atoms with Gasteiger partial charge in [0, 0.05) is 17.8 Å².